The Bertz CT molecular complexity index is 1420. The summed E-state index contributed by atoms with van der Waals surface area (Å²) in [5, 5.41) is 10.4. The molecular weight excluding hydrogens is 800 g/mol. The lowest BCUT2D eigenvalue weighted by atomic mass is 10.0. The fourth-order valence-electron chi connectivity index (χ4n) is 7.50. The van der Waals surface area contributed by atoms with Crippen LogP contribution in [0.25, 0.3) is 11.2 Å². The second-order valence-electron chi connectivity index (χ2n) is 16.3. The molecule has 3 rings (SSSR count). The van der Waals surface area contributed by atoms with E-state index in [9.17, 15) is 14.6 Å². The van der Waals surface area contributed by atoms with Gasteiger partial charge in [-0.25, -0.2) is 13.9 Å². The van der Waals surface area contributed by atoms with Gasteiger partial charge in [0.1, 0.15) is 23.8 Å². The quantitative estimate of drug-likeness (QED) is 0.0331. The number of rotatable bonds is 38. The van der Waals surface area contributed by atoms with Crippen LogP contribution in [0.15, 0.2) is 6.33 Å². The first-order valence-corrected chi connectivity index (χ1v) is 25.0. The number of fused-ring (bicyclic) bond motifs is 1. The smallest absolute Gasteiger partial charge is 0.387 e. The number of nitrogens with two attached hydrogens (primary N) is 1. The Balaban J connectivity index is 1.35. The number of aliphatic hydroxyl groups excluding tert-OH is 1. The van der Waals surface area contributed by atoms with E-state index in [1.165, 1.54) is 146 Å². The van der Waals surface area contributed by atoms with E-state index in [-0.39, 0.29) is 35.5 Å². The van der Waals surface area contributed by atoms with Crippen molar-refractivity contribution in [3.8, 4) is 0 Å². The zero-order valence-electron chi connectivity index (χ0n) is 36.3. The minimum Gasteiger partial charge on any atom is -0.387 e. The van der Waals surface area contributed by atoms with E-state index in [1.54, 1.807) is 0 Å². The molecule has 6 atom stereocenters. The zero-order chi connectivity index (χ0) is 42.6. The van der Waals surface area contributed by atoms with Gasteiger partial charge in [0.2, 0.25) is 5.28 Å². The lowest BCUT2D eigenvalue weighted by molar-refractivity contribution is -0.0569. The van der Waals surface area contributed by atoms with Crippen molar-refractivity contribution in [3.63, 3.8) is 0 Å². The molecule has 0 aromatic carbocycles. The third-order valence-corrected chi connectivity index (χ3v) is 12.2. The number of unbranched alkanes of at least 4 members (excludes halogenated alkanes) is 24. The summed E-state index contributed by atoms with van der Waals surface area (Å²) in [7, 11) is -4.65. The number of ether oxygens (including phenoxy) is 3. The molecule has 4 N–H and O–H groups in total. The summed E-state index contributed by atoms with van der Waals surface area (Å²) in [5.74, 6) is 0.00228. The van der Waals surface area contributed by atoms with Crippen LogP contribution in [0, 0.1) is 0 Å². The topological polar surface area (TPSA) is 173 Å². The van der Waals surface area contributed by atoms with Crippen LogP contribution in [0.2, 0.25) is 5.28 Å². The average Bonchev–Trinajstić information content (AvgIpc) is 3.76. The van der Waals surface area contributed by atoms with Crippen LogP contribution in [0.3, 0.4) is 0 Å². The number of nitrogens with zero attached hydrogens (tertiary/aromatic N) is 4. The van der Waals surface area contributed by atoms with E-state index < -0.39 is 45.1 Å². The molecule has 0 bridgehead atoms. The first-order chi connectivity index (χ1) is 28.7. The largest absolute Gasteiger partial charge is 0.472 e. The van der Waals surface area contributed by atoms with E-state index in [1.807, 2.05) is 0 Å². The lowest BCUT2D eigenvalue weighted by Crippen LogP contribution is -2.31. The Labute approximate surface area is 359 Å². The van der Waals surface area contributed by atoms with Crippen molar-refractivity contribution in [2.75, 3.05) is 38.8 Å². The summed E-state index contributed by atoms with van der Waals surface area (Å²) < 4.78 is 57.7. The number of aliphatic hydroxyl groups is 1. The van der Waals surface area contributed by atoms with Crippen LogP contribution in [-0.2, 0) is 27.8 Å². The van der Waals surface area contributed by atoms with E-state index >= 15 is 4.39 Å². The number of nitrogen functional groups attached to an aromatic ring is 1. The zero-order valence-corrected chi connectivity index (χ0v) is 37.9. The molecule has 1 unspecified atom stereocenters. The molecule has 1 saturated heterocycles. The maximum Gasteiger partial charge on any atom is 0.472 e. The molecule has 1 aliphatic heterocycles. The van der Waals surface area contributed by atoms with E-state index in [4.69, 9.17) is 40.6 Å². The van der Waals surface area contributed by atoms with Crippen molar-refractivity contribution in [2.45, 2.75) is 212 Å². The molecule has 3 heterocycles. The Kier molecular flexibility index (Phi) is 27.6. The van der Waals surface area contributed by atoms with Crippen molar-refractivity contribution in [1.82, 2.24) is 19.5 Å². The van der Waals surface area contributed by atoms with Gasteiger partial charge in [0.15, 0.2) is 23.9 Å². The SMILES string of the molecule is CCCCCCCCCCCCCCCCCCO[C@@H](COCCCCCCCCCCCC)COP(=O)(O)OC[C@H]1O[C@@H](n2cnc3c(N)nc(Cl)nc32)[C@@H](F)[C@@H]1O. The molecule has 0 spiro atoms. The molecule has 59 heavy (non-hydrogen) atoms. The third kappa shape index (κ3) is 21.4. The minimum absolute atomic E-state index is 0.00228. The predicted octanol–water partition coefficient (Wildman–Crippen LogP) is 11.4. The molecule has 1 aliphatic rings. The average molecular weight is 879 g/mol. The fraction of sp³-hybridized carbons (Fsp3) is 0.884. The maximum absolute atomic E-state index is 15.3. The number of alkyl halides is 1. The molecule has 2 aromatic rings. The fourth-order valence-corrected chi connectivity index (χ4v) is 8.43. The van der Waals surface area contributed by atoms with Gasteiger partial charge in [-0.15, -0.1) is 0 Å². The van der Waals surface area contributed by atoms with Crippen LogP contribution in [-0.4, -0.2) is 87.0 Å². The van der Waals surface area contributed by atoms with Gasteiger partial charge < -0.3 is 29.9 Å². The number of phosphoric acid groups is 1. The second kappa shape index (κ2) is 31.4. The number of hydrogen-bond donors (Lipinski definition) is 3. The van der Waals surface area contributed by atoms with E-state index in [0.717, 1.165) is 32.1 Å². The Morgan fingerprint density at radius 1 is 0.780 bits per heavy atom. The maximum atomic E-state index is 15.3. The van der Waals surface area contributed by atoms with Gasteiger partial charge in [-0.2, -0.15) is 9.97 Å². The highest BCUT2D eigenvalue weighted by molar-refractivity contribution is 7.47. The van der Waals surface area contributed by atoms with Gasteiger partial charge >= 0.3 is 7.82 Å². The highest BCUT2D eigenvalue weighted by atomic mass is 35.5. The van der Waals surface area contributed by atoms with E-state index in [0.29, 0.717) is 13.2 Å². The Morgan fingerprint density at radius 3 is 1.80 bits per heavy atom. The van der Waals surface area contributed by atoms with Crippen molar-refractivity contribution < 1.29 is 42.2 Å². The van der Waals surface area contributed by atoms with Crippen LogP contribution in [0.4, 0.5) is 10.2 Å². The van der Waals surface area contributed by atoms with Crippen molar-refractivity contribution >= 4 is 36.4 Å². The molecule has 2 aromatic heterocycles. The third-order valence-electron chi connectivity index (χ3n) is 11.1. The molecule has 13 nitrogen and oxygen atoms in total. The summed E-state index contributed by atoms with van der Waals surface area (Å²) in [5.41, 5.74) is 6.16. The summed E-state index contributed by atoms with van der Waals surface area (Å²) in [4.78, 5) is 22.6. The molecule has 0 aliphatic carbocycles. The van der Waals surface area contributed by atoms with Crippen LogP contribution < -0.4 is 5.73 Å². The molecule has 0 saturated carbocycles. The first-order valence-electron chi connectivity index (χ1n) is 23.1. The van der Waals surface area contributed by atoms with Gasteiger partial charge in [0.05, 0.1) is 26.1 Å². The number of hydrogen-bond acceptors (Lipinski definition) is 11. The highest BCUT2D eigenvalue weighted by Crippen LogP contribution is 2.45. The Morgan fingerprint density at radius 2 is 1.27 bits per heavy atom. The molecule has 0 amide bonds. The summed E-state index contributed by atoms with van der Waals surface area (Å²) >= 11 is 5.94. The lowest BCUT2D eigenvalue weighted by Gasteiger charge is -2.21. The van der Waals surface area contributed by atoms with Crippen LogP contribution in [0.5, 0.6) is 0 Å². The van der Waals surface area contributed by atoms with Gasteiger partial charge in [-0.1, -0.05) is 168 Å². The minimum atomic E-state index is -4.65. The molecule has 342 valence electrons. The van der Waals surface area contributed by atoms with Crippen molar-refractivity contribution in [1.29, 1.82) is 0 Å². The first kappa shape index (κ1) is 51.9. The molecule has 16 heteroatoms. The summed E-state index contributed by atoms with van der Waals surface area (Å²) in [6, 6.07) is 0. The van der Waals surface area contributed by atoms with Gasteiger partial charge in [-0.05, 0) is 24.4 Å². The van der Waals surface area contributed by atoms with E-state index in [2.05, 4.69) is 28.8 Å². The number of anilines is 1. The number of imidazole rings is 1. The summed E-state index contributed by atoms with van der Waals surface area (Å²) in [6.45, 7) is 4.91. The van der Waals surface area contributed by atoms with Gasteiger partial charge in [-0.3, -0.25) is 13.6 Å². The second-order valence-corrected chi connectivity index (χ2v) is 18.1. The number of aromatic nitrogens is 4. The standard InChI is InChI=1S/C43H78ClFN5O8P/c1-3-5-7-9-11-13-15-16-17-18-19-20-22-24-26-28-30-55-35(31-54-29-27-25-23-21-14-12-10-8-6-4-2)32-56-59(52,53)57-33-36-39(51)37(45)42(58-36)50-34-47-38-40(46)48-43(44)49-41(38)50/h34-37,39,42,51H,3-33H2,1-2H3,(H,52,53)(H2,46,48,49)/t35-,36+,37-,39+,42+/m0/s1. The van der Waals surface area contributed by atoms with Crippen molar-refractivity contribution in [3.05, 3.63) is 11.6 Å². The highest BCUT2D eigenvalue weighted by Gasteiger charge is 2.47. The normalized spacial score (nSPS) is 19.8. The Hall–Kier alpha value is -1.48. The summed E-state index contributed by atoms with van der Waals surface area (Å²) in [6.07, 6.45) is 27.2. The number of phosphoric ester groups is 1. The molecule has 1 fully saturated rings. The molecular formula is C43H78ClFN5O8P. The predicted molar refractivity (Wildman–Crippen MR) is 233 cm³/mol. The van der Waals surface area contributed by atoms with Crippen molar-refractivity contribution in [2.24, 2.45) is 0 Å². The monoisotopic (exact) mass is 878 g/mol. The van der Waals surface area contributed by atoms with Crippen LogP contribution in [0.1, 0.15) is 187 Å². The number of halogens is 2. The van der Waals surface area contributed by atoms with Crippen LogP contribution >= 0.6 is 19.4 Å². The molecule has 0 radical (unpaired) electrons. The van der Waals surface area contributed by atoms with Gasteiger partial charge in [0, 0.05) is 13.2 Å². The van der Waals surface area contributed by atoms with Gasteiger partial charge in [0.25, 0.3) is 0 Å².